The van der Waals surface area contributed by atoms with Crippen LogP contribution >= 0.6 is 23.2 Å². The minimum absolute atomic E-state index is 0.000301. The Bertz CT molecular complexity index is 452. The molecule has 1 aromatic rings. The van der Waals surface area contributed by atoms with Crippen molar-refractivity contribution < 1.29 is 17.4 Å². The molecule has 0 amide bonds. The van der Waals surface area contributed by atoms with E-state index in [9.17, 15) is 17.4 Å². The SMILES string of the molecule is CC.Cc1ccc(S(=O)NCC(F)(F)F)c(Cl)c1Cl. The summed E-state index contributed by atoms with van der Waals surface area (Å²) in [6, 6.07) is 2.92. The van der Waals surface area contributed by atoms with Gasteiger partial charge in [0, 0.05) is 0 Å². The molecule has 1 atom stereocenters. The lowest BCUT2D eigenvalue weighted by Crippen LogP contribution is -2.30. The fraction of sp³-hybridized carbons (Fsp3) is 0.455. The average Bonchev–Trinajstić information content (AvgIpc) is 2.35. The van der Waals surface area contributed by atoms with Gasteiger partial charge in [-0.1, -0.05) is 43.1 Å². The summed E-state index contributed by atoms with van der Waals surface area (Å²) in [4.78, 5) is 0.0338. The molecule has 0 aromatic heterocycles. The molecule has 0 aliphatic rings. The standard InChI is InChI=1S/C9H8Cl2F3NOS.C2H6/c1-5-2-3-6(8(11)7(5)10)17(16)15-4-9(12,13)14;1-2/h2-3,15H,4H2,1H3;1-2H3. The number of hydrogen-bond donors (Lipinski definition) is 1. The smallest absolute Gasteiger partial charge is 0.237 e. The number of benzene rings is 1. The van der Waals surface area contributed by atoms with Crippen LogP contribution in [0.4, 0.5) is 13.2 Å². The third kappa shape index (κ3) is 6.12. The summed E-state index contributed by atoms with van der Waals surface area (Å²) in [5.74, 6) is 0. The Morgan fingerprint density at radius 2 is 1.74 bits per heavy atom. The highest BCUT2D eigenvalue weighted by molar-refractivity contribution is 7.83. The second-order valence-corrected chi connectivity index (χ2v) is 5.24. The molecule has 1 unspecified atom stereocenters. The molecule has 2 nitrogen and oxygen atoms in total. The Labute approximate surface area is 122 Å². The van der Waals surface area contributed by atoms with Gasteiger partial charge in [0.05, 0.1) is 14.9 Å². The van der Waals surface area contributed by atoms with E-state index < -0.39 is 23.7 Å². The van der Waals surface area contributed by atoms with E-state index in [2.05, 4.69) is 0 Å². The summed E-state index contributed by atoms with van der Waals surface area (Å²) >= 11 is 11.6. The van der Waals surface area contributed by atoms with Gasteiger partial charge in [0.15, 0.2) is 0 Å². The Morgan fingerprint density at radius 3 is 2.21 bits per heavy atom. The first-order valence-corrected chi connectivity index (χ1v) is 7.29. The number of aryl methyl sites for hydroxylation is 1. The molecule has 0 fully saturated rings. The van der Waals surface area contributed by atoms with E-state index in [-0.39, 0.29) is 14.9 Å². The predicted octanol–water partition coefficient (Wildman–Crippen LogP) is 4.50. The summed E-state index contributed by atoms with van der Waals surface area (Å²) in [6.07, 6.45) is -4.43. The summed E-state index contributed by atoms with van der Waals surface area (Å²) < 4.78 is 49.1. The predicted molar refractivity (Wildman–Crippen MR) is 73.0 cm³/mol. The number of rotatable bonds is 3. The number of halogens is 5. The zero-order valence-electron chi connectivity index (χ0n) is 10.6. The van der Waals surface area contributed by atoms with Crippen molar-refractivity contribution in [3.05, 3.63) is 27.7 Å². The van der Waals surface area contributed by atoms with Crippen LogP contribution in [0.3, 0.4) is 0 Å². The van der Waals surface area contributed by atoms with Gasteiger partial charge in [0.2, 0.25) is 0 Å². The quantitative estimate of drug-likeness (QED) is 0.865. The second-order valence-electron chi connectivity index (χ2n) is 3.21. The third-order valence-electron chi connectivity index (χ3n) is 1.84. The van der Waals surface area contributed by atoms with Crippen molar-refractivity contribution in [2.75, 3.05) is 6.54 Å². The lowest BCUT2D eigenvalue weighted by atomic mass is 10.2. The monoisotopic (exact) mass is 335 g/mol. The molecule has 0 aliphatic carbocycles. The van der Waals surface area contributed by atoms with Crippen molar-refractivity contribution in [2.45, 2.75) is 31.8 Å². The Kier molecular flexibility index (Phi) is 7.96. The summed E-state index contributed by atoms with van der Waals surface area (Å²) in [5, 5.41) is 0.186. The molecule has 0 saturated carbocycles. The van der Waals surface area contributed by atoms with E-state index in [0.29, 0.717) is 5.56 Å². The van der Waals surface area contributed by atoms with Crippen LogP contribution in [0.25, 0.3) is 0 Å². The highest BCUT2D eigenvalue weighted by Crippen LogP contribution is 2.30. The van der Waals surface area contributed by atoms with Crippen LogP contribution in [-0.4, -0.2) is 16.9 Å². The minimum Gasteiger partial charge on any atom is -0.237 e. The van der Waals surface area contributed by atoms with Gasteiger partial charge in [-0.3, -0.25) is 0 Å². The second kappa shape index (κ2) is 8.09. The van der Waals surface area contributed by atoms with Gasteiger partial charge in [-0.15, -0.1) is 0 Å². The topological polar surface area (TPSA) is 29.1 Å². The van der Waals surface area contributed by atoms with Crippen LogP contribution < -0.4 is 4.72 Å². The maximum absolute atomic E-state index is 11.9. The van der Waals surface area contributed by atoms with Crippen LogP contribution in [0.15, 0.2) is 17.0 Å². The third-order valence-corrected chi connectivity index (χ3v) is 4.08. The molecule has 0 aliphatic heterocycles. The Hall–Kier alpha value is -0.300. The molecular formula is C11H14Cl2F3NOS. The van der Waals surface area contributed by atoms with Gasteiger partial charge in [0.1, 0.15) is 17.5 Å². The zero-order valence-corrected chi connectivity index (χ0v) is 12.9. The first kappa shape index (κ1) is 18.7. The van der Waals surface area contributed by atoms with Crippen LogP contribution in [-0.2, 0) is 11.0 Å². The van der Waals surface area contributed by atoms with Crippen molar-refractivity contribution in [2.24, 2.45) is 0 Å². The van der Waals surface area contributed by atoms with Crippen molar-refractivity contribution in [1.82, 2.24) is 4.72 Å². The lowest BCUT2D eigenvalue weighted by molar-refractivity contribution is -0.121. The Balaban J connectivity index is 0.00000154. The van der Waals surface area contributed by atoms with Crippen molar-refractivity contribution >= 4 is 34.2 Å². The molecule has 0 radical (unpaired) electrons. The zero-order chi connectivity index (χ0) is 15.2. The van der Waals surface area contributed by atoms with E-state index in [1.165, 1.54) is 12.1 Å². The Morgan fingerprint density at radius 1 is 1.21 bits per heavy atom. The first-order chi connectivity index (χ1) is 8.72. The highest BCUT2D eigenvalue weighted by atomic mass is 35.5. The van der Waals surface area contributed by atoms with Crippen molar-refractivity contribution in [3.8, 4) is 0 Å². The molecule has 1 N–H and O–H groups in total. The van der Waals surface area contributed by atoms with E-state index in [1.54, 1.807) is 6.92 Å². The summed E-state index contributed by atoms with van der Waals surface area (Å²) in [7, 11) is -2.05. The molecule has 0 spiro atoms. The molecule has 1 aromatic carbocycles. The maximum Gasteiger partial charge on any atom is 0.402 e. The van der Waals surface area contributed by atoms with Gasteiger partial charge in [-0.25, -0.2) is 8.93 Å². The summed E-state index contributed by atoms with van der Waals surface area (Å²) in [5.41, 5.74) is 0.660. The van der Waals surface area contributed by atoms with Gasteiger partial charge in [-0.05, 0) is 18.6 Å². The van der Waals surface area contributed by atoms with Crippen LogP contribution in [0.5, 0.6) is 0 Å². The van der Waals surface area contributed by atoms with Crippen LogP contribution in [0, 0.1) is 6.92 Å². The molecule has 0 saturated heterocycles. The average molecular weight is 336 g/mol. The highest BCUT2D eigenvalue weighted by Gasteiger charge is 2.28. The molecule has 19 heavy (non-hydrogen) atoms. The molecule has 110 valence electrons. The number of nitrogens with one attached hydrogen (secondary N) is 1. The van der Waals surface area contributed by atoms with E-state index in [0.717, 1.165) is 0 Å². The van der Waals surface area contributed by atoms with Gasteiger partial charge >= 0.3 is 6.18 Å². The number of hydrogen-bond acceptors (Lipinski definition) is 1. The van der Waals surface area contributed by atoms with Crippen LogP contribution in [0.1, 0.15) is 19.4 Å². The molecule has 0 heterocycles. The molecular weight excluding hydrogens is 322 g/mol. The lowest BCUT2D eigenvalue weighted by Gasteiger charge is -2.10. The van der Waals surface area contributed by atoms with E-state index in [1.807, 2.05) is 18.6 Å². The summed E-state index contributed by atoms with van der Waals surface area (Å²) in [6.45, 7) is 4.32. The van der Waals surface area contributed by atoms with Gasteiger partial charge in [-0.2, -0.15) is 13.2 Å². The van der Waals surface area contributed by atoms with Gasteiger partial charge < -0.3 is 0 Å². The molecule has 8 heteroatoms. The normalized spacial score (nSPS) is 12.6. The van der Waals surface area contributed by atoms with E-state index in [4.69, 9.17) is 23.2 Å². The maximum atomic E-state index is 11.9. The van der Waals surface area contributed by atoms with Crippen molar-refractivity contribution in [1.29, 1.82) is 0 Å². The minimum atomic E-state index is -4.43. The van der Waals surface area contributed by atoms with E-state index >= 15 is 0 Å². The first-order valence-electron chi connectivity index (χ1n) is 5.39. The number of alkyl halides is 3. The molecule has 0 bridgehead atoms. The van der Waals surface area contributed by atoms with Crippen LogP contribution in [0.2, 0.25) is 10.0 Å². The fourth-order valence-electron chi connectivity index (χ4n) is 0.997. The molecule has 1 rings (SSSR count). The van der Waals surface area contributed by atoms with Crippen molar-refractivity contribution in [3.63, 3.8) is 0 Å². The fourth-order valence-corrected chi connectivity index (χ4v) is 2.55. The largest absolute Gasteiger partial charge is 0.402 e. The van der Waals surface area contributed by atoms with Gasteiger partial charge in [0.25, 0.3) is 0 Å².